The second-order valence-corrected chi connectivity index (χ2v) is 3.57. The molecule has 0 fully saturated rings. The van der Waals surface area contributed by atoms with Gasteiger partial charge in [-0.25, -0.2) is 4.79 Å². The molecule has 0 atom stereocenters. The van der Waals surface area contributed by atoms with Crippen molar-refractivity contribution in [3.05, 3.63) is 35.9 Å². The van der Waals surface area contributed by atoms with Crippen molar-refractivity contribution in [1.29, 1.82) is 0 Å². The lowest BCUT2D eigenvalue weighted by molar-refractivity contribution is -0.133. The van der Waals surface area contributed by atoms with Crippen LogP contribution >= 0.6 is 0 Å². The first-order chi connectivity index (χ1) is 7.61. The first-order valence-corrected chi connectivity index (χ1v) is 4.82. The highest BCUT2D eigenvalue weighted by Gasteiger charge is 2.19. The molecule has 4 nitrogen and oxygen atoms in total. The van der Waals surface area contributed by atoms with Gasteiger partial charge >= 0.3 is 5.97 Å². The van der Waals surface area contributed by atoms with E-state index < -0.39 is 5.97 Å². The minimum absolute atomic E-state index is 0.0316. The van der Waals surface area contributed by atoms with Crippen LogP contribution in [0.3, 0.4) is 0 Å². The van der Waals surface area contributed by atoms with Crippen molar-refractivity contribution in [2.24, 2.45) is 0 Å². The van der Waals surface area contributed by atoms with Crippen LogP contribution in [0.4, 0.5) is 5.69 Å². The summed E-state index contributed by atoms with van der Waals surface area (Å²) in [5, 5.41) is 2.72. The lowest BCUT2D eigenvalue weighted by Crippen LogP contribution is -2.03. The quantitative estimate of drug-likeness (QED) is 0.601. The number of nitrogens with one attached hydrogen (secondary N) is 1. The Morgan fingerprint density at radius 2 is 2.25 bits per heavy atom. The zero-order valence-corrected chi connectivity index (χ0v) is 8.87. The van der Waals surface area contributed by atoms with Gasteiger partial charge in [0.2, 0.25) is 5.91 Å². The Hall–Kier alpha value is -2.10. The van der Waals surface area contributed by atoms with Crippen LogP contribution in [0.5, 0.6) is 0 Å². The molecular formula is C12H11NO3. The van der Waals surface area contributed by atoms with Crippen LogP contribution < -0.4 is 5.32 Å². The number of ether oxygens (including phenoxy) is 1. The van der Waals surface area contributed by atoms with Crippen molar-refractivity contribution in [2.75, 3.05) is 12.4 Å². The van der Waals surface area contributed by atoms with Crippen molar-refractivity contribution >= 4 is 23.1 Å². The van der Waals surface area contributed by atoms with Crippen LogP contribution in [0.1, 0.15) is 11.1 Å². The van der Waals surface area contributed by atoms with Crippen molar-refractivity contribution in [3.63, 3.8) is 0 Å². The second kappa shape index (κ2) is 3.81. The summed E-state index contributed by atoms with van der Waals surface area (Å²) in [5.74, 6) is -0.493. The third kappa shape index (κ3) is 1.69. The molecule has 1 heterocycles. The molecule has 2 rings (SSSR count). The van der Waals surface area contributed by atoms with Crippen molar-refractivity contribution in [1.82, 2.24) is 0 Å². The van der Waals surface area contributed by atoms with E-state index in [0.717, 1.165) is 11.3 Å². The molecular weight excluding hydrogens is 206 g/mol. The fourth-order valence-corrected chi connectivity index (χ4v) is 1.66. The molecule has 0 saturated heterocycles. The number of anilines is 1. The molecule has 0 spiro atoms. The molecule has 82 valence electrons. The SMILES string of the molecule is C=C(C(=O)OC)c1ccc2c(c1)CC(=O)N2. The number of hydrogen-bond donors (Lipinski definition) is 1. The van der Waals surface area contributed by atoms with E-state index in [1.54, 1.807) is 18.2 Å². The standard InChI is InChI=1S/C12H11NO3/c1-7(12(15)16-2)8-3-4-10-9(5-8)6-11(14)13-10/h3-5H,1,6H2,2H3,(H,13,14). The van der Waals surface area contributed by atoms with Gasteiger partial charge < -0.3 is 10.1 Å². The van der Waals surface area contributed by atoms with E-state index in [4.69, 9.17) is 0 Å². The molecule has 0 aromatic heterocycles. The monoisotopic (exact) mass is 217 g/mol. The summed E-state index contributed by atoms with van der Waals surface area (Å²) < 4.78 is 4.59. The number of esters is 1. The number of benzene rings is 1. The molecule has 1 aromatic carbocycles. The molecule has 1 N–H and O–H groups in total. The first kappa shape index (κ1) is 10.4. The lowest BCUT2D eigenvalue weighted by Gasteiger charge is -2.05. The maximum atomic E-state index is 11.3. The van der Waals surface area contributed by atoms with Gasteiger partial charge in [0.05, 0.1) is 19.1 Å². The molecule has 1 aliphatic rings. The fraction of sp³-hybridized carbons (Fsp3) is 0.167. The van der Waals surface area contributed by atoms with Crippen molar-refractivity contribution in [3.8, 4) is 0 Å². The van der Waals surface area contributed by atoms with Gasteiger partial charge in [-0.3, -0.25) is 4.79 Å². The Balaban J connectivity index is 2.32. The summed E-state index contributed by atoms with van der Waals surface area (Å²) in [6.45, 7) is 3.66. The highest BCUT2D eigenvalue weighted by atomic mass is 16.5. The average Bonchev–Trinajstić information content (AvgIpc) is 2.65. The largest absolute Gasteiger partial charge is 0.465 e. The van der Waals surface area contributed by atoms with E-state index in [1.165, 1.54) is 7.11 Å². The number of methoxy groups -OCH3 is 1. The highest BCUT2D eigenvalue weighted by Crippen LogP contribution is 2.26. The molecule has 0 aliphatic carbocycles. The minimum atomic E-state index is -0.461. The average molecular weight is 217 g/mol. The number of rotatable bonds is 2. The maximum Gasteiger partial charge on any atom is 0.337 e. The van der Waals surface area contributed by atoms with Crippen LogP contribution in [-0.2, 0) is 20.7 Å². The van der Waals surface area contributed by atoms with Gasteiger partial charge in [-0.15, -0.1) is 0 Å². The van der Waals surface area contributed by atoms with Gasteiger partial charge in [-0.1, -0.05) is 12.6 Å². The van der Waals surface area contributed by atoms with E-state index in [2.05, 4.69) is 16.6 Å². The Labute approximate surface area is 92.9 Å². The van der Waals surface area contributed by atoms with E-state index in [-0.39, 0.29) is 5.91 Å². The highest BCUT2D eigenvalue weighted by molar-refractivity contribution is 6.15. The summed E-state index contributed by atoms with van der Waals surface area (Å²) in [6.07, 6.45) is 0.345. The Kier molecular flexibility index (Phi) is 2.48. The van der Waals surface area contributed by atoms with Gasteiger partial charge in [0.1, 0.15) is 0 Å². The van der Waals surface area contributed by atoms with Crippen LogP contribution in [0.15, 0.2) is 24.8 Å². The predicted octanol–water partition coefficient (Wildman–Crippen LogP) is 1.37. The van der Waals surface area contributed by atoms with Crippen LogP contribution in [0.25, 0.3) is 5.57 Å². The van der Waals surface area contributed by atoms with E-state index in [0.29, 0.717) is 17.6 Å². The zero-order valence-electron chi connectivity index (χ0n) is 8.87. The maximum absolute atomic E-state index is 11.3. The molecule has 0 saturated carbocycles. The number of carbonyl (C=O) groups excluding carboxylic acids is 2. The molecule has 4 heteroatoms. The minimum Gasteiger partial charge on any atom is -0.465 e. The molecule has 16 heavy (non-hydrogen) atoms. The van der Waals surface area contributed by atoms with Gasteiger partial charge in [-0.05, 0) is 23.3 Å². The van der Waals surface area contributed by atoms with E-state index >= 15 is 0 Å². The second-order valence-electron chi connectivity index (χ2n) is 3.57. The van der Waals surface area contributed by atoms with Crippen LogP contribution in [-0.4, -0.2) is 19.0 Å². The summed E-state index contributed by atoms with van der Waals surface area (Å²) in [5.41, 5.74) is 2.66. The fourth-order valence-electron chi connectivity index (χ4n) is 1.66. The number of hydrogen-bond acceptors (Lipinski definition) is 3. The first-order valence-electron chi connectivity index (χ1n) is 4.82. The van der Waals surface area contributed by atoms with E-state index in [9.17, 15) is 9.59 Å². The molecule has 1 aromatic rings. The summed E-state index contributed by atoms with van der Waals surface area (Å²) in [4.78, 5) is 22.4. The smallest absolute Gasteiger partial charge is 0.337 e. The van der Waals surface area contributed by atoms with Gasteiger partial charge in [0.25, 0.3) is 0 Å². The molecule has 1 amide bonds. The summed E-state index contributed by atoms with van der Waals surface area (Å²) >= 11 is 0. The number of fused-ring (bicyclic) bond motifs is 1. The lowest BCUT2D eigenvalue weighted by atomic mass is 10.0. The molecule has 0 radical (unpaired) electrons. The zero-order chi connectivity index (χ0) is 11.7. The predicted molar refractivity (Wildman–Crippen MR) is 59.8 cm³/mol. The Morgan fingerprint density at radius 3 is 2.94 bits per heavy atom. The Morgan fingerprint density at radius 1 is 1.50 bits per heavy atom. The summed E-state index contributed by atoms with van der Waals surface area (Å²) in [6, 6.07) is 5.29. The van der Waals surface area contributed by atoms with Gasteiger partial charge in [0, 0.05) is 5.69 Å². The number of amides is 1. The van der Waals surface area contributed by atoms with Gasteiger partial charge in [-0.2, -0.15) is 0 Å². The molecule has 0 unspecified atom stereocenters. The van der Waals surface area contributed by atoms with Crippen molar-refractivity contribution in [2.45, 2.75) is 6.42 Å². The van der Waals surface area contributed by atoms with Crippen molar-refractivity contribution < 1.29 is 14.3 Å². The third-order valence-electron chi connectivity index (χ3n) is 2.51. The summed E-state index contributed by atoms with van der Waals surface area (Å²) in [7, 11) is 1.31. The topological polar surface area (TPSA) is 55.4 Å². The van der Waals surface area contributed by atoms with E-state index in [1.807, 2.05) is 0 Å². The number of carbonyl (C=O) groups is 2. The third-order valence-corrected chi connectivity index (χ3v) is 2.51. The normalized spacial score (nSPS) is 12.9. The Bertz CT molecular complexity index is 491. The molecule has 1 aliphatic heterocycles. The van der Waals surface area contributed by atoms with Crippen LogP contribution in [0.2, 0.25) is 0 Å². The van der Waals surface area contributed by atoms with Crippen LogP contribution in [0, 0.1) is 0 Å². The van der Waals surface area contributed by atoms with Gasteiger partial charge in [0.15, 0.2) is 0 Å². The molecule has 0 bridgehead atoms.